The molecule has 0 aliphatic heterocycles. The minimum absolute atomic E-state index is 0.278. The van der Waals surface area contributed by atoms with Gasteiger partial charge in [-0.25, -0.2) is 14.6 Å². The van der Waals surface area contributed by atoms with Gasteiger partial charge in [0, 0.05) is 7.05 Å². The number of hydrogen-bond donors (Lipinski definition) is 2. The van der Waals surface area contributed by atoms with Crippen molar-refractivity contribution in [3.8, 4) is 0 Å². The number of nitrogens with two attached hydrogens (primary N) is 1. The first-order chi connectivity index (χ1) is 5.81. The van der Waals surface area contributed by atoms with Gasteiger partial charge in [0.25, 0.3) is 0 Å². The number of aromatic nitrogens is 4. The van der Waals surface area contributed by atoms with Gasteiger partial charge in [0.15, 0.2) is 11.6 Å². The van der Waals surface area contributed by atoms with E-state index in [2.05, 4.69) is 30.2 Å². The molecule has 0 aliphatic carbocycles. The SMILES string of the molecule is CNc1nc2nonc2nc1N. The van der Waals surface area contributed by atoms with Crippen LogP contribution in [0.15, 0.2) is 4.63 Å². The van der Waals surface area contributed by atoms with Crippen molar-refractivity contribution in [1.29, 1.82) is 0 Å². The first-order valence-electron chi connectivity index (χ1n) is 3.25. The Labute approximate surface area is 66.9 Å². The lowest BCUT2D eigenvalue weighted by molar-refractivity contribution is 0.314. The lowest BCUT2D eigenvalue weighted by atomic mass is 10.5. The van der Waals surface area contributed by atoms with E-state index in [1.54, 1.807) is 7.05 Å². The number of fused-ring (bicyclic) bond motifs is 1. The maximum absolute atomic E-state index is 5.51. The second-order valence-corrected chi connectivity index (χ2v) is 2.12. The number of nitrogens with one attached hydrogen (secondary N) is 1. The van der Waals surface area contributed by atoms with Crippen molar-refractivity contribution in [3.05, 3.63) is 0 Å². The van der Waals surface area contributed by atoms with E-state index in [0.29, 0.717) is 17.1 Å². The summed E-state index contributed by atoms with van der Waals surface area (Å²) < 4.78 is 4.41. The van der Waals surface area contributed by atoms with E-state index in [0.717, 1.165) is 0 Å². The van der Waals surface area contributed by atoms with Crippen LogP contribution in [0.25, 0.3) is 11.3 Å². The van der Waals surface area contributed by atoms with E-state index in [9.17, 15) is 0 Å². The normalized spacial score (nSPS) is 10.4. The van der Waals surface area contributed by atoms with Gasteiger partial charge in [0.1, 0.15) is 0 Å². The molecule has 0 aliphatic rings. The molecule has 7 nitrogen and oxygen atoms in total. The molecular formula is C5H6N6O. The van der Waals surface area contributed by atoms with Crippen molar-refractivity contribution >= 4 is 22.9 Å². The fourth-order valence-corrected chi connectivity index (χ4v) is 0.834. The number of hydrogen-bond acceptors (Lipinski definition) is 7. The fraction of sp³-hybridized carbons (Fsp3) is 0.200. The van der Waals surface area contributed by atoms with E-state index in [1.807, 2.05) is 0 Å². The van der Waals surface area contributed by atoms with Gasteiger partial charge < -0.3 is 11.1 Å². The number of nitrogens with zero attached hydrogens (tertiary/aromatic N) is 4. The highest BCUT2D eigenvalue weighted by molar-refractivity contribution is 5.71. The maximum Gasteiger partial charge on any atom is 0.245 e. The monoisotopic (exact) mass is 166 g/mol. The number of nitrogen functional groups attached to an aromatic ring is 1. The van der Waals surface area contributed by atoms with Crippen molar-refractivity contribution < 1.29 is 4.63 Å². The Bertz CT molecular complexity index is 409. The first kappa shape index (κ1) is 6.77. The van der Waals surface area contributed by atoms with Crippen LogP contribution in [0.3, 0.4) is 0 Å². The van der Waals surface area contributed by atoms with Crippen molar-refractivity contribution in [3.63, 3.8) is 0 Å². The topological polar surface area (TPSA) is 103 Å². The van der Waals surface area contributed by atoms with Crippen molar-refractivity contribution in [2.45, 2.75) is 0 Å². The molecule has 0 aromatic carbocycles. The summed E-state index contributed by atoms with van der Waals surface area (Å²) in [6.07, 6.45) is 0. The van der Waals surface area contributed by atoms with Crippen LogP contribution in [0.5, 0.6) is 0 Å². The highest BCUT2D eigenvalue weighted by atomic mass is 16.6. The molecule has 2 aromatic rings. The lowest BCUT2D eigenvalue weighted by Gasteiger charge is -1.99. The summed E-state index contributed by atoms with van der Waals surface area (Å²) in [5.41, 5.74) is 6.16. The zero-order valence-corrected chi connectivity index (χ0v) is 6.27. The average Bonchev–Trinajstić information content (AvgIpc) is 2.49. The summed E-state index contributed by atoms with van der Waals surface area (Å²) in [4.78, 5) is 7.88. The molecule has 0 fully saturated rings. The zero-order valence-electron chi connectivity index (χ0n) is 6.27. The van der Waals surface area contributed by atoms with E-state index >= 15 is 0 Å². The van der Waals surface area contributed by atoms with Gasteiger partial charge in [0.2, 0.25) is 11.3 Å². The van der Waals surface area contributed by atoms with Gasteiger partial charge in [-0.05, 0) is 10.3 Å². The van der Waals surface area contributed by atoms with Crippen molar-refractivity contribution in [1.82, 2.24) is 20.3 Å². The van der Waals surface area contributed by atoms with Gasteiger partial charge >= 0.3 is 0 Å². The quantitative estimate of drug-likeness (QED) is 0.596. The summed E-state index contributed by atoms with van der Waals surface area (Å²) in [6.45, 7) is 0. The molecule has 0 atom stereocenters. The largest absolute Gasteiger partial charge is 0.381 e. The lowest BCUT2D eigenvalue weighted by Crippen LogP contribution is -2.01. The van der Waals surface area contributed by atoms with Crippen LogP contribution in [-0.4, -0.2) is 27.3 Å². The number of rotatable bonds is 1. The van der Waals surface area contributed by atoms with Gasteiger partial charge in [0.05, 0.1) is 0 Å². The molecule has 2 heterocycles. The molecule has 0 saturated carbocycles. The van der Waals surface area contributed by atoms with Crippen molar-refractivity contribution in [2.24, 2.45) is 0 Å². The highest BCUT2D eigenvalue weighted by Gasteiger charge is 2.07. The van der Waals surface area contributed by atoms with Crippen LogP contribution < -0.4 is 11.1 Å². The van der Waals surface area contributed by atoms with Gasteiger partial charge in [-0.15, -0.1) is 0 Å². The minimum atomic E-state index is 0.278. The minimum Gasteiger partial charge on any atom is -0.381 e. The molecule has 0 spiro atoms. The molecule has 0 amide bonds. The van der Waals surface area contributed by atoms with Crippen LogP contribution in [0, 0.1) is 0 Å². The molecule has 7 heteroatoms. The van der Waals surface area contributed by atoms with Crippen LogP contribution in [-0.2, 0) is 0 Å². The highest BCUT2D eigenvalue weighted by Crippen LogP contribution is 2.14. The molecule has 0 radical (unpaired) electrons. The van der Waals surface area contributed by atoms with Crippen LogP contribution in [0.4, 0.5) is 11.6 Å². The fourth-order valence-electron chi connectivity index (χ4n) is 0.834. The summed E-state index contributed by atoms with van der Waals surface area (Å²) in [5.74, 6) is 0.749. The molecule has 0 saturated heterocycles. The smallest absolute Gasteiger partial charge is 0.245 e. The average molecular weight is 166 g/mol. The molecule has 0 unspecified atom stereocenters. The third kappa shape index (κ3) is 0.831. The summed E-state index contributed by atoms with van der Waals surface area (Å²) in [5, 5.41) is 9.77. The van der Waals surface area contributed by atoms with Crippen LogP contribution in [0.1, 0.15) is 0 Å². The second kappa shape index (κ2) is 2.29. The van der Waals surface area contributed by atoms with Gasteiger partial charge in [-0.3, -0.25) is 0 Å². The molecule has 2 aromatic heterocycles. The Morgan fingerprint density at radius 3 is 2.58 bits per heavy atom. The van der Waals surface area contributed by atoms with E-state index in [4.69, 9.17) is 5.73 Å². The molecular weight excluding hydrogens is 160 g/mol. The van der Waals surface area contributed by atoms with E-state index < -0.39 is 0 Å². The predicted molar refractivity (Wildman–Crippen MR) is 41.4 cm³/mol. The van der Waals surface area contributed by atoms with Gasteiger partial charge in [-0.1, -0.05) is 0 Å². The summed E-state index contributed by atoms with van der Waals surface area (Å²) in [7, 11) is 1.69. The summed E-state index contributed by atoms with van der Waals surface area (Å²) >= 11 is 0. The molecule has 3 N–H and O–H groups in total. The molecule has 62 valence electrons. The Morgan fingerprint density at radius 2 is 1.92 bits per heavy atom. The standard InChI is InChI=1S/C5H6N6O/c1-7-3-2(6)8-4-5(9-3)11-12-10-4/h1H3,(H2,6,8,10)(H,7,9,11). The third-order valence-electron chi connectivity index (χ3n) is 1.38. The molecule has 2 rings (SSSR count). The third-order valence-corrected chi connectivity index (χ3v) is 1.38. The molecule has 12 heavy (non-hydrogen) atoms. The van der Waals surface area contributed by atoms with Gasteiger partial charge in [-0.2, -0.15) is 0 Å². The van der Waals surface area contributed by atoms with E-state index in [1.165, 1.54) is 0 Å². The Kier molecular flexibility index (Phi) is 1.29. The Balaban J connectivity index is 2.73. The zero-order chi connectivity index (χ0) is 8.55. The maximum atomic E-state index is 5.51. The van der Waals surface area contributed by atoms with Crippen LogP contribution >= 0.6 is 0 Å². The van der Waals surface area contributed by atoms with E-state index in [-0.39, 0.29) is 5.82 Å². The summed E-state index contributed by atoms with van der Waals surface area (Å²) in [6, 6.07) is 0. The first-order valence-corrected chi connectivity index (χ1v) is 3.25. The second-order valence-electron chi connectivity index (χ2n) is 2.12. The van der Waals surface area contributed by atoms with Crippen LogP contribution in [0.2, 0.25) is 0 Å². The number of anilines is 2. The predicted octanol–water partition coefficient (Wildman–Crippen LogP) is -0.363. The Morgan fingerprint density at radius 1 is 1.25 bits per heavy atom. The Hall–Kier alpha value is -1.92. The molecule has 0 bridgehead atoms. The van der Waals surface area contributed by atoms with Crippen molar-refractivity contribution in [2.75, 3.05) is 18.1 Å².